The molecule has 0 radical (unpaired) electrons. The number of fused-ring (bicyclic) bond motifs is 1. The Kier molecular flexibility index (Phi) is 8.58. The van der Waals surface area contributed by atoms with E-state index in [4.69, 9.17) is 30.2 Å². The molecule has 3 rings (SSSR count). The lowest BCUT2D eigenvalue weighted by Gasteiger charge is -2.42. The lowest BCUT2D eigenvalue weighted by molar-refractivity contribution is -0.141. The van der Waals surface area contributed by atoms with Gasteiger partial charge in [0.2, 0.25) is 0 Å². The number of methoxy groups -OCH3 is 1. The molecule has 0 spiro atoms. The second-order valence-corrected chi connectivity index (χ2v) is 15.7. The fourth-order valence-corrected chi connectivity index (χ4v) is 10.7. The van der Waals surface area contributed by atoms with E-state index in [1.54, 1.807) is 0 Å². The predicted octanol–water partition coefficient (Wildman–Crippen LogP) is 7.51. The van der Waals surface area contributed by atoms with E-state index in [0.29, 0.717) is 47.0 Å². The van der Waals surface area contributed by atoms with Crippen molar-refractivity contribution in [3.63, 3.8) is 0 Å². The number of halogens is 1. The Morgan fingerprint density at radius 1 is 1.03 bits per heavy atom. The van der Waals surface area contributed by atoms with Gasteiger partial charge in [0.15, 0.2) is 0 Å². The molecule has 7 heteroatoms. The summed E-state index contributed by atoms with van der Waals surface area (Å²) in [6.45, 7) is 14.4. The summed E-state index contributed by atoms with van der Waals surface area (Å²) in [5, 5.41) is 0.632. The number of carbonyl (C=O) groups excluding carboxylic acids is 1. The molecule has 0 saturated carbocycles. The predicted molar refractivity (Wildman–Crippen MR) is 139 cm³/mol. The molecule has 1 atom stereocenters. The molecule has 186 valence electrons. The van der Waals surface area contributed by atoms with Crippen molar-refractivity contribution in [2.24, 2.45) is 0 Å². The minimum absolute atomic E-state index is 0.0108. The summed E-state index contributed by atoms with van der Waals surface area (Å²) < 4.78 is 23.3. The molecule has 1 aliphatic heterocycles. The van der Waals surface area contributed by atoms with E-state index >= 15 is 0 Å². The lowest BCUT2D eigenvalue weighted by atomic mass is 9.98. The molecule has 1 heterocycles. The lowest BCUT2D eigenvalue weighted by Crippen LogP contribution is -2.50. The zero-order valence-electron chi connectivity index (χ0n) is 21.3. The molecule has 0 saturated heterocycles. The second kappa shape index (κ2) is 11.0. The van der Waals surface area contributed by atoms with Crippen LogP contribution in [0.2, 0.25) is 21.6 Å². The van der Waals surface area contributed by atoms with Gasteiger partial charge in [-0.25, -0.2) is 0 Å². The first-order valence-electron chi connectivity index (χ1n) is 12.0. The molecule has 0 fully saturated rings. The van der Waals surface area contributed by atoms with Gasteiger partial charge in [-0.05, 0) is 34.8 Å². The first-order valence-corrected chi connectivity index (χ1v) is 14.5. The summed E-state index contributed by atoms with van der Waals surface area (Å²) >= 11 is 6.63. The normalized spacial score (nSPS) is 15.4. The van der Waals surface area contributed by atoms with Gasteiger partial charge in [-0.2, -0.15) is 0 Å². The third-order valence-electron chi connectivity index (χ3n) is 6.93. The average molecular weight is 505 g/mol. The van der Waals surface area contributed by atoms with Crippen LogP contribution in [-0.2, 0) is 16.1 Å². The minimum atomic E-state index is -2.04. The van der Waals surface area contributed by atoms with E-state index in [-0.39, 0.29) is 11.9 Å². The van der Waals surface area contributed by atoms with Gasteiger partial charge in [-0.3, -0.25) is 4.79 Å². The number of esters is 1. The van der Waals surface area contributed by atoms with Crippen molar-refractivity contribution >= 4 is 25.9 Å². The standard InChI is InChI=1S/C27H37ClO5Si/c1-17(2)34(18(3)4,19(5)6)33-23-9-8-20(25(28)13-23)15-31-22-10-11-24-21(12-27(29)30-7)16-32-26(24)14-22/h8-11,13-14,17-19,21H,12,15-16H2,1-7H3/t21-/m1/s1. The summed E-state index contributed by atoms with van der Waals surface area (Å²) in [5.41, 5.74) is 3.37. The Hall–Kier alpha value is -2.18. The van der Waals surface area contributed by atoms with Crippen LogP contribution in [0.25, 0.3) is 0 Å². The van der Waals surface area contributed by atoms with E-state index in [1.807, 2.05) is 36.4 Å². The average Bonchev–Trinajstić information content (AvgIpc) is 3.17. The van der Waals surface area contributed by atoms with E-state index in [9.17, 15) is 4.79 Å². The quantitative estimate of drug-likeness (QED) is 0.247. The van der Waals surface area contributed by atoms with Crippen LogP contribution in [0.15, 0.2) is 36.4 Å². The molecular formula is C27H37ClO5Si. The third kappa shape index (κ3) is 5.55. The molecule has 34 heavy (non-hydrogen) atoms. The Morgan fingerprint density at radius 2 is 1.68 bits per heavy atom. The Morgan fingerprint density at radius 3 is 2.26 bits per heavy atom. The van der Waals surface area contributed by atoms with E-state index in [1.165, 1.54) is 7.11 Å². The van der Waals surface area contributed by atoms with Crippen molar-refractivity contribution < 1.29 is 23.4 Å². The van der Waals surface area contributed by atoms with Crippen LogP contribution >= 0.6 is 11.6 Å². The zero-order valence-corrected chi connectivity index (χ0v) is 23.1. The van der Waals surface area contributed by atoms with Crippen molar-refractivity contribution in [3.05, 3.63) is 52.5 Å². The number of carbonyl (C=O) groups is 1. The Balaban J connectivity index is 1.68. The molecule has 2 aromatic rings. The highest BCUT2D eigenvalue weighted by Gasteiger charge is 2.47. The largest absolute Gasteiger partial charge is 0.543 e. The fraction of sp³-hybridized carbons (Fsp3) is 0.519. The first kappa shape index (κ1) is 26.4. The highest BCUT2D eigenvalue weighted by molar-refractivity contribution is 6.78. The van der Waals surface area contributed by atoms with Crippen molar-refractivity contribution in [2.45, 2.75) is 77.1 Å². The topological polar surface area (TPSA) is 54.0 Å². The summed E-state index contributed by atoms with van der Waals surface area (Å²) in [7, 11) is -0.641. The number of hydrogen-bond donors (Lipinski definition) is 0. The van der Waals surface area contributed by atoms with E-state index in [0.717, 1.165) is 22.6 Å². The Bertz CT molecular complexity index is 983. The van der Waals surface area contributed by atoms with Gasteiger partial charge < -0.3 is 18.6 Å². The van der Waals surface area contributed by atoms with E-state index < -0.39 is 8.32 Å². The molecule has 5 nitrogen and oxygen atoms in total. The van der Waals surface area contributed by atoms with Crippen molar-refractivity contribution in [1.82, 2.24) is 0 Å². The van der Waals surface area contributed by atoms with Crippen LogP contribution in [-0.4, -0.2) is 28.0 Å². The van der Waals surface area contributed by atoms with Gasteiger partial charge in [-0.15, -0.1) is 0 Å². The van der Waals surface area contributed by atoms with Crippen molar-refractivity contribution in [3.8, 4) is 17.2 Å². The minimum Gasteiger partial charge on any atom is -0.543 e. The zero-order chi connectivity index (χ0) is 25.0. The van der Waals surface area contributed by atoms with Crippen molar-refractivity contribution in [2.75, 3.05) is 13.7 Å². The highest BCUT2D eigenvalue weighted by atomic mass is 35.5. The van der Waals surface area contributed by atoms with Crippen LogP contribution < -0.4 is 13.9 Å². The van der Waals surface area contributed by atoms with Crippen LogP contribution in [0.1, 0.15) is 65.0 Å². The van der Waals surface area contributed by atoms with Gasteiger partial charge in [0.25, 0.3) is 8.32 Å². The molecule has 0 aromatic heterocycles. The maximum atomic E-state index is 11.6. The van der Waals surface area contributed by atoms with Gasteiger partial charge in [0.05, 0.1) is 25.2 Å². The third-order valence-corrected chi connectivity index (χ3v) is 13.3. The molecule has 2 aromatic carbocycles. The fourth-order valence-electron chi connectivity index (χ4n) is 5.23. The van der Waals surface area contributed by atoms with E-state index in [2.05, 4.69) is 41.5 Å². The SMILES string of the molecule is COC(=O)C[C@@H]1COc2cc(OCc3ccc(O[Si](C(C)C)(C(C)C)C(C)C)cc3Cl)ccc21. The maximum absolute atomic E-state index is 11.6. The number of benzene rings is 2. The number of hydrogen-bond acceptors (Lipinski definition) is 5. The second-order valence-electron chi connectivity index (χ2n) is 9.95. The van der Waals surface area contributed by atoms with Gasteiger partial charge in [0.1, 0.15) is 23.9 Å². The Labute approximate surface area is 209 Å². The summed E-state index contributed by atoms with van der Waals surface area (Å²) in [4.78, 5) is 11.6. The van der Waals surface area contributed by atoms with Crippen LogP contribution in [0.3, 0.4) is 0 Å². The monoisotopic (exact) mass is 504 g/mol. The maximum Gasteiger partial charge on any atom is 0.306 e. The summed E-state index contributed by atoms with van der Waals surface area (Å²) in [6, 6.07) is 11.6. The molecule has 0 unspecified atom stereocenters. The van der Waals surface area contributed by atoms with Gasteiger partial charge in [-0.1, -0.05) is 65.3 Å². The number of rotatable bonds is 10. The molecule has 0 bridgehead atoms. The highest BCUT2D eigenvalue weighted by Crippen LogP contribution is 2.43. The molecule has 0 amide bonds. The molecule has 0 N–H and O–H groups in total. The van der Waals surface area contributed by atoms with Crippen LogP contribution in [0.4, 0.5) is 0 Å². The smallest absolute Gasteiger partial charge is 0.306 e. The first-order chi connectivity index (χ1) is 16.1. The number of ether oxygens (including phenoxy) is 3. The van der Waals surface area contributed by atoms with Crippen molar-refractivity contribution in [1.29, 1.82) is 0 Å². The van der Waals surface area contributed by atoms with Crippen LogP contribution in [0, 0.1) is 0 Å². The summed E-state index contributed by atoms with van der Waals surface area (Å²) in [6.07, 6.45) is 0.308. The van der Waals surface area contributed by atoms with Crippen LogP contribution in [0.5, 0.6) is 17.2 Å². The molecular weight excluding hydrogens is 468 g/mol. The molecule has 1 aliphatic rings. The van der Waals surface area contributed by atoms with Gasteiger partial charge in [0, 0.05) is 23.1 Å². The summed E-state index contributed by atoms with van der Waals surface area (Å²) in [5.74, 6) is 2.05. The molecule has 0 aliphatic carbocycles. The van der Waals surface area contributed by atoms with Gasteiger partial charge >= 0.3 is 5.97 Å².